The van der Waals surface area contributed by atoms with Gasteiger partial charge in [-0.25, -0.2) is 4.98 Å². The predicted molar refractivity (Wildman–Crippen MR) is 112 cm³/mol. The van der Waals surface area contributed by atoms with Gasteiger partial charge in [0.2, 0.25) is 5.82 Å². The van der Waals surface area contributed by atoms with Gasteiger partial charge in [0.1, 0.15) is 0 Å². The van der Waals surface area contributed by atoms with Crippen molar-refractivity contribution < 1.29 is 9.59 Å². The number of hydrogen-bond donors (Lipinski definition) is 0. The van der Waals surface area contributed by atoms with Gasteiger partial charge in [-0.2, -0.15) is 0 Å². The van der Waals surface area contributed by atoms with E-state index in [4.69, 9.17) is 0 Å². The number of piperidine rings is 1. The van der Waals surface area contributed by atoms with Crippen LogP contribution in [0.4, 0.5) is 0 Å². The van der Waals surface area contributed by atoms with Crippen molar-refractivity contribution in [3.05, 3.63) is 35.9 Å². The van der Waals surface area contributed by atoms with Gasteiger partial charge in [-0.1, -0.05) is 19.9 Å². The Hall–Kier alpha value is -2.41. The highest BCUT2D eigenvalue weighted by molar-refractivity contribution is 6.02. The lowest BCUT2D eigenvalue weighted by Gasteiger charge is -2.34. The molecule has 0 bridgehead atoms. The first-order valence-corrected chi connectivity index (χ1v) is 10.9. The molecular weight excluding hydrogens is 366 g/mol. The van der Waals surface area contributed by atoms with Crippen LogP contribution >= 0.6 is 0 Å². The fraction of sp³-hybridized carbons (Fsp3) is 0.591. The highest BCUT2D eigenvalue weighted by atomic mass is 16.2. The highest BCUT2D eigenvalue weighted by Gasteiger charge is 2.32. The van der Waals surface area contributed by atoms with Crippen LogP contribution in [0.5, 0.6) is 0 Å². The lowest BCUT2D eigenvalue weighted by Crippen LogP contribution is -2.48. The van der Waals surface area contributed by atoms with Crippen molar-refractivity contribution in [2.75, 3.05) is 39.3 Å². The Kier molecular flexibility index (Phi) is 5.85. The molecule has 7 heteroatoms. The molecule has 0 aliphatic carbocycles. The van der Waals surface area contributed by atoms with Crippen LogP contribution in [0.25, 0.3) is 5.52 Å². The number of amides is 2. The number of pyridine rings is 1. The molecule has 2 aliphatic heterocycles. The molecule has 7 nitrogen and oxygen atoms in total. The summed E-state index contributed by atoms with van der Waals surface area (Å²) in [5.74, 6) is 0.221. The second-order valence-corrected chi connectivity index (χ2v) is 8.02. The molecule has 29 heavy (non-hydrogen) atoms. The minimum Gasteiger partial charge on any atom is -0.335 e. The Morgan fingerprint density at radius 1 is 1.03 bits per heavy atom. The number of imidazole rings is 1. The molecule has 2 aromatic heterocycles. The van der Waals surface area contributed by atoms with E-state index in [0.29, 0.717) is 30.1 Å². The SMILES string of the molecule is CCC1CCCCN1C(=O)c1nc(C(=O)N2CCN(CC)CC2)c2ccccn12. The molecule has 0 radical (unpaired) electrons. The van der Waals surface area contributed by atoms with Gasteiger partial charge < -0.3 is 14.7 Å². The maximum Gasteiger partial charge on any atom is 0.290 e. The lowest BCUT2D eigenvalue weighted by atomic mass is 10.00. The number of aromatic nitrogens is 2. The second-order valence-electron chi connectivity index (χ2n) is 8.02. The van der Waals surface area contributed by atoms with Gasteiger partial charge in [0.25, 0.3) is 11.8 Å². The topological polar surface area (TPSA) is 61.2 Å². The summed E-state index contributed by atoms with van der Waals surface area (Å²) in [6.45, 7) is 9.20. The Labute approximate surface area is 172 Å². The molecule has 2 aromatic rings. The third-order valence-corrected chi connectivity index (χ3v) is 6.41. The second kappa shape index (κ2) is 8.53. The van der Waals surface area contributed by atoms with E-state index in [2.05, 4.69) is 23.7 Å². The van der Waals surface area contributed by atoms with Crippen LogP contribution in [-0.2, 0) is 0 Å². The monoisotopic (exact) mass is 397 g/mol. The molecule has 4 rings (SSSR count). The van der Waals surface area contributed by atoms with Crippen molar-refractivity contribution >= 4 is 17.3 Å². The summed E-state index contributed by atoms with van der Waals surface area (Å²) < 4.78 is 1.79. The molecule has 0 spiro atoms. The van der Waals surface area contributed by atoms with E-state index >= 15 is 0 Å². The number of piperazine rings is 1. The van der Waals surface area contributed by atoms with Crippen LogP contribution in [0, 0.1) is 0 Å². The summed E-state index contributed by atoms with van der Waals surface area (Å²) in [6, 6.07) is 5.92. The van der Waals surface area contributed by atoms with Gasteiger partial charge in [0.05, 0.1) is 5.52 Å². The average Bonchev–Trinajstić information content (AvgIpc) is 3.18. The van der Waals surface area contributed by atoms with Gasteiger partial charge in [-0.05, 0) is 44.4 Å². The van der Waals surface area contributed by atoms with E-state index in [9.17, 15) is 9.59 Å². The standard InChI is InChI=1S/C22H31N5O2/c1-3-17-9-5-7-11-26(17)22(29)20-23-19(18-10-6-8-12-27(18)20)21(28)25-15-13-24(4-2)14-16-25/h6,8,10,12,17H,3-5,7,9,11,13-16H2,1-2H3. The Morgan fingerprint density at radius 3 is 2.55 bits per heavy atom. The summed E-state index contributed by atoms with van der Waals surface area (Å²) >= 11 is 0. The summed E-state index contributed by atoms with van der Waals surface area (Å²) in [4.78, 5) is 37.4. The lowest BCUT2D eigenvalue weighted by molar-refractivity contribution is 0.0594. The number of hydrogen-bond acceptors (Lipinski definition) is 4. The van der Waals surface area contributed by atoms with E-state index < -0.39 is 0 Å². The Morgan fingerprint density at radius 2 is 1.83 bits per heavy atom. The molecule has 156 valence electrons. The third kappa shape index (κ3) is 3.75. The fourth-order valence-corrected chi connectivity index (χ4v) is 4.58. The maximum atomic E-state index is 13.4. The van der Waals surface area contributed by atoms with Crippen molar-refractivity contribution in [2.24, 2.45) is 0 Å². The zero-order valence-corrected chi connectivity index (χ0v) is 17.5. The molecule has 2 saturated heterocycles. The molecule has 2 amide bonds. The van der Waals surface area contributed by atoms with Crippen LogP contribution in [0.3, 0.4) is 0 Å². The van der Waals surface area contributed by atoms with Gasteiger partial charge in [-0.15, -0.1) is 0 Å². The van der Waals surface area contributed by atoms with Crippen LogP contribution in [-0.4, -0.2) is 81.2 Å². The molecule has 0 aromatic carbocycles. The van der Waals surface area contributed by atoms with E-state index in [0.717, 1.165) is 51.9 Å². The predicted octanol–water partition coefficient (Wildman–Crippen LogP) is 2.52. The Balaban J connectivity index is 1.65. The molecule has 0 N–H and O–H groups in total. The zero-order valence-electron chi connectivity index (χ0n) is 17.5. The van der Waals surface area contributed by atoms with Crippen molar-refractivity contribution in [3.63, 3.8) is 0 Å². The number of carbonyl (C=O) groups excluding carboxylic acids is 2. The zero-order chi connectivity index (χ0) is 20.4. The Bertz CT molecular complexity index is 884. The van der Waals surface area contributed by atoms with Gasteiger partial charge >= 0.3 is 0 Å². The molecule has 2 fully saturated rings. The first kappa shape index (κ1) is 19.9. The third-order valence-electron chi connectivity index (χ3n) is 6.41. The summed E-state index contributed by atoms with van der Waals surface area (Å²) in [6.07, 6.45) is 6.02. The first-order chi connectivity index (χ1) is 14.1. The number of rotatable bonds is 4. The van der Waals surface area contributed by atoms with Crippen LogP contribution in [0.15, 0.2) is 24.4 Å². The molecular formula is C22H31N5O2. The molecule has 1 unspecified atom stereocenters. The van der Waals surface area contributed by atoms with E-state index in [1.165, 1.54) is 0 Å². The number of fused-ring (bicyclic) bond motifs is 1. The average molecular weight is 398 g/mol. The molecule has 4 heterocycles. The largest absolute Gasteiger partial charge is 0.335 e. The van der Waals surface area contributed by atoms with Crippen molar-refractivity contribution in [1.82, 2.24) is 24.1 Å². The number of likely N-dealkylation sites (N-methyl/N-ethyl adjacent to an activating group) is 1. The number of likely N-dealkylation sites (tertiary alicyclic amines) is 1. The van der Waals surface area contributed by atoms with E-state index in [-0.39, 0.29) is 17.9 Å². The van der Waals surface area contributed by atoms with Crippen LogP contribution in [0.2, 0.25) is 0 Å². The normalized spacial score (nSPS) is 21.0. The summed E-state index contributed by atoms with van der Waals surface area (Å²) in [5, 5.41) is 0. The van der Waals surface area contributed by atoms with Crippen molar-refractivity contribution in [1.29, 1.82) is 0 Å². The maximum absolute atomic E-state index is 13.4. The summed E-state index contributed by atoms with van der Waals surface area (Å²) in [5.41, 5.74) is 1.10. The van der Waals surface area contributed by atoms with E-state index in [1.54, 1.807) is 4.40 Å². The smallest absolute Gasteiger partial charge is 0.290 e. The number of carbonyl (C=O) groups is 2. The van der Waals surface area contributed by atoms with Gasteiger partial charge in [0.15, 0.2) is 5.69 Å². The van der Waals surface area contributed by atoms with Crippen LogP contribution in [0.1, 0.15) is 60.6 Å². The molecule has 2 aliphatic rings. The minimum atomic E-state index is -0.0748. The van der Waals surface area contributed by atoms with Gasteiger partial charge in [0, 0.05) is 45.0 Å². The molecule has 1 atom stereocenters. The highest BCUT2D eigenvalue weighted by Crippen LogP contribution is 2.23. The summed E-state index contributed by atoms with van der Waals surface area (Å²) in [7, 11) is 0. The first-order valence-electron chi connectivity index (χ1n) is 10.9. The van der Waals surface area contributed by atoms with Crippen molar-refractivity contribution in [3.8, 4) is 0 Å². The van der Waals surface area contributed by atoms with Crippen molar-refractivity contribution in [2.45, 2.75) is 45.6 Å². The minimum absolute atomic E-state index is 0.0624. The fourth-order valence-electron chi connectivity index (χ4n) is 4.58. The van der Waals surface area contributed by atoms with Gasteiger partial charge in [-0.3, -0.25) is 14.0 Å². The van der Waals surface area contributed by atoms with E-state index in [1.807, 2.05) is 34.2 Å². The quantitative estimate of drug-likeness (QED) is 0.795. The number of nitrogens with zero attached hydrogens (tertiary/aromatic N) is 5. The van der Waals surface area contributed by atoms with Crippen LogP contribution < -0.4 is 0 Å². The molecule has 0 saturated carbocycles.